The lowest BCUT2D eigenvalue weighted by atomic mass is 10.2. The van der Waals surface area contributed by atoms with Gasteiger partial charge in [-0.05, 0) is 43.7 Å². The summed E-state index contributed by atoms with van der Waals surface area (Å²) >= 11 is 0. The van der Waals surface area contributed by atoms with E-state index in [1.807, 2.05) is 28.0 Å². The quantitative estimate of drug-likeness (QED) is 0.797. The van der Waals surface area contributed by atoms with Gasteiger partial charge in [0.25, 0.3) is 0 Å². The fraction of sp³-hybridized carbons (Fsp3) is 0.524. The Labute approximate surface area is 163 Å². The first kappa shape index (κ1) is 17.4. The fourth-order valence-electron chi connectivity index (χ4n) is 4.31. The Morgan fingerprint density at radius 1 is 1.14 bits per heavy atom. The second-order valence-electron chi connectivity index (χ2n) is 7.93. The number of anilines is 1. The summed E-state index contributed by atoms with van der Waals surface area (Å²) in [6, 6.07) is 7.96. The van der Waals surface area contributed by atoms with Crippen molar-refractivity contribution in [2.75, 3.05) is 18.0 Å². The third kappa shape index (κ3) is 3.19. The molecule has 0 spiro atoms. The van der Waals surface area contributed by atoms with Gasteiger partial charge in [0.05, 0.1) is 6.04 Å². The molecule has 1 saturated carbocycles. The van der Waals surface area contributed by atoms with Crippen molar-refractivity contribution >= 4 is 17.5 Å². The molecule has 1 saturated heterocycles. The summed E-state index contributed by atoms with van der Waals surface area (Å²) < 4.78 is 5.39. The average Bonchev–Trinajstić information content (AvgIpc) is 3.11. The van der Waals surface area contributed by atoms with E-state index in [1.54, 1.807) is 0 Å². The summed E-state index contributed by atoms with van der Waals surface area (Å²) in [5, 5.41) is 4.12. The molecule has 5 rings (SSSR count). The minimum atomic E-state index is -0.0771. The highest BCUT2D eigenvalue weighted by Crippen LogP contribution is 2.38. The number of rotatable bonds is 5. The molecule has 1 atom stereocenters. The van der Waals surface area contributed by atoms with Crippen LogP contribution in [0.5, 0.6) is 0 Å². The number of nitrogens with zero attached hydrogens (tertiary/aromatic N) is 4. The van der Waals surface area contributed by atoms with Gasteiger partial charge in [0.15, 0.2) is 5.82 Å². The maximum Gasteiger partial charge on any atom is 0.227 e. The van der Waals surface area contributed by atoms with Gasteiger partial charge in [-0.2, -0.15) is 4.98 Å². The standard InChI is InChI=1S/C21H24N4O3/c26-19(24-13-11-14-4-1-2-5-16(14)24)10-9-18-22-20(23-28-18)17-6-3-12-25(17)21(27)15-7-8-15/h1-2,4-5,15,17H,3,6-13H2. The molecule has 0 radical (unpaired) electrons. The molecule has 0 bridgehead atoms. The van der Waals surface area contributed by atoms with Gasteiger partial charge in [-0.1, -0.05) is 23.4 Å². The highest BCUT2D eigenvalue weighted by Gasteiger charge is 2.40. The normalized spacial score (nSPS) is 21.2. The van der Waals surface area contributed by atoms with Gasteiger partial charge in [-0.3, -0.25) is 9.59 Å². The number of carbonyl (C=O) groups excluding carboxylic acids is 2. The number of carbonyl (C=O) groups is 2. The van der Waals surface area contributed by atoms with Crippen molar-refractivity contribution in [1.82, 2.24) is 15.0 Å². The van der Waals surface area contributed by atoms with E-state index in [0.29, 0.717) is 24.6 Å². The molecule has 28 heavy (non-hydrogen) atoms. The van der Waals surface area contributed by atoms with Crippen LogP contribution in [0.1, 0.15) is 55.4 Å². The summed E-state index contributed by atoms with van der Waals surface area (Å²) in [5.74, 6) is 1.57. The van der Waals surface area contributed by atoms with Crippen LogP contribution >= 0.6 is 0 Å². The van der Waals surface area contributed by atoms with Crippen molar-refractivity contribution in [2.45, 2.75) is 51.0 Å². The maximum atomic E-state index is 12.7. The summed E-state index contributed by atoms with van der Waals surface area (Å²) in [6.07, 6.45) is 5.52. The number of fused-ring (bicyclic) bond motifs is 1. The summed E-state index contributed by atoms with van der Waals surface area (Å²) in [4.78, 5) is 33.4. The van der Waals surface area contributed by atoms with E-state index in [4.69, 9.17) is 4.52 Å². The van der Waals surface area contributed by atoms with Crippen molar-refractivity contribution in [2.24, 2.45) is 5.92 Å². The van der Waals surface area contributed by atoms with E-state index < -0.39 is 0 Å². The number of aryl methyl sites for hydroxylation is 1. The molecular formula is C21H24N4O3. The molecule has 1 aromatic heterocycles. The first-order chi connectivity index (χ1) is 13.7. The van der Waals surface area contributed by atoms with Crippen LogP contribution < -0.4 is 4.90 Å². The number of benzene rings is 1. The smallest absolute Gasteiger partial charge is 0.227 e. The van der Waals surface area contributed by atoms with E-state index in [0.717, 1.165) is 50.9 Å². The van der Waals surface area contributed by atoms with Crippen molar-refractivity contribution < 1.29 is 14.1 Å². The van der Waals surface area contributed by atoms with E-state index in [1.165, 1.54) is 5.56 Å². The molecule has 1 unspecified atom stereocenters. The van der Waals surface area contributed by atoms with E-state index in [2.05, 4.69) is 16.2 Å². The summed E-state index contributed by atoms with van der Waals surface area (Å²) in [7, 11) is 0. The molecule has 2 fully saturated rings. The topological polar surface area (TPSA) is 79.5 Å². The van der Waals surface area contributed by atoms with Gasteiger partial charge in [-0.25, -0.2) is 0 Å². The fourth-order valence-corrected chi connectivity index (χ4v) is 4.31. The van der Waals surface area contributed by atoms with Crippen LogP contribution in [0.2, 0.25) is 0 Å². The predicted octanol–water partition coefficient (Wildman–Crippen LogP) is 2.67. The van der Waals surface area contributed by atoms with Crippen LogP contribution in [0.4, 0.5) is 5.69 Å². The minimum Gasteiger partial charge on any atom is -0.339 e. The molecule has 1 aliphatic carbocycles. The van der Waals surface area contributed by atoms with Gasteiger partial charge >= 0.3 is 0 Å². The Balaban J connectivity index is 1.21. The zero-order chi connectivity index (χ0) is 19.1. The van der Waals surface area contributed by atoms with Crippen LogP contribution in [0.3, 0.4) is 0 Å². The minimum absolute atomic E-state index is 0.0771. The van der Waals surface area contributed by atoms with Crippen molar-refractivity contribution in [3.63, 3.8) is 0 Å². The van der Waals surface area contributed by atoms with Gasteiger partial charge in [0, 0.05) is 37.5 Å². The number of likely N-dealkylation sites (tertiary alicyclic amines) is 1. The summed E-state index contributed by atoms with van der Waals surface area (Å²) in [6.45, 7) is 1.50. The van der Waals surface area contributed by atoms with Crippen molar-refractivity contribution in [3.05, 3.63) is 41.5 Å². The Kier molecular flexibility index (Phi) is 4.37. The monoisotopic (exact) mass is 380 g/mol. The van der Waals surface area contributed by atoms with Crippen molar-refractivity contribution in [3.8, 4) is 0 Å². The second-order valence-corrected chi connectivity index (χ2v) is 7.93. The van der Waals surface area contributed by atoms with Gasteiger partial charge in [0.2, 0.25) is 17.7 Å². The van der Waals surface area contributed by atoms with Crippen LogP contribution in [-0.2, 0) is 22.4 Å². The molecular weight excluding hydrogens is 356 g/mol. The van der Waals surface area contributed by atoms with E-state index in [9.17, 15) is 9.59 Å². The number of hydrogen-bond acceptors (Lipinski definition) is 5. The Hall–Kier alpha value is -2.70. The molecule has 7 heteroatoms. The first-order valence-corrected chi connectivity index (χ1v) is 10.2. The first-order valence-electron chi connectivity index (χ1n) is 10.2. The predicted molar refractivity (Wildman–Crippen MR) is 102 cm³/mol. The molecule has 2 amide bonds. The van der Waals surface area contributed by atoms with Gasteiger partial charge in [-0.15, -0.1) is 0 Å². The highest BCUT2D eigenvalue weighted by atomic mass is 16.5. The maximum absolute atomic E-state index is 12.7. The largest absolute Gasteiger partial charge is 0.339 e. The second kappa shape index (κ2) is 7.04. The molecule has 2 aromatic rings. The van der Waals surface area contributed by atoms with Crippen LogP contribution in [0, 0.1) is 5.92 Å². The van der Waals surface area contributed by atoms with Crippen LogP contribution in [0.15, 0.2) is 28.8 Å². The highest BCUT2D eigenvalue weighted by molar-refractivity contribution is 5.95. The average molecular weight is 380 g/mol. The number of para-hydroxylation sites is 1. The van der Waals surface area contributed by atoms with E-state index >= 15 is 0 Å². The lowest BCUT2D eigenvalue weighted by Gasteiger charge is -2.21. The van der Waals surface area contributed by atoms with Gasteiger partial charge in [0.1, 0.15) is 0 Å². The zero-order valence-corrected chi connectivity index (χ0v) is 15.8. The Morgan fingerprint density at radius 2 is 2.00 bits per heavy atom. The zero-order valence-electron chi connectivity index (χ0n) is 15.8. The van der Waals surface area contributed by atoms with Crippen molar-refractivity contribution in [1.29, 1.82) is 0 Å². The Bertz CT molecular complexity index is 905. The third-order valence-electron chi connectivity index (χ3n) is 5.99. The molecule has 146 valence electrons. The number of aromatic nitrogens is 2. The molecule has 2 aliphatic heterocycles. The SMILES string of the molecule is O=C(CCc1nc(C2CCCN2C(=O)C2CC2)no1)N1CCc2ccccc21. The number of amides is 2. The molecule has 0 N–H and O–H groups in total. The molecule has 7 nitrogen and oxygen atoms in total. The number of hydrogen-bond donors (Lipinski definition) is 0. The molecule has 1 aromatic carbocycles. The van der Waals surface area contributed by atoms with Crippen LogP contribution in [-0.4, -0.2) is 39.9 Å². The lowest BCUT2D eigenvalue weighted by Crippen LogP contribution is -2.32. The third-order valence-corrected chi connectivity index (χ3v) is 5.99. The molecule has 3 heterocycles. The molecule has 3 aliphatic rings. The lowest BCUT2D eigenvalue weighted by molar-refractivity contribution is -0.133. The van der Waals surface area contributed by atoms with Gasteiger partial charge < -0.3 is 14.3 Å². The summed E-state index contributed by atoms with van der Waals surface area (Å²) in [5.41, 5.74) is 2.23. The van der Waals surface area contributed by atoms with E-state index in [-0.39, 0.29) is 23.8 Å². The van der Waals surface area contributed by atoms with Crippen LogP contribution in [0.25, 0.3) is 0 Å². The Morgan fingerprint density at radius 3 is 2.86 bits per heavy atom.